The van der Waals surface area contributed by atoms with E-state index >= 15 is 0 Å². The van der Waals surface area contributed by atoms with Gasteiger partial charge in [-0.3, -0.25) is 9.59 Å². The van der Waals surface area contributed by atoms with Crippen LogP contribution in [-0.4, -0.2) is 42.9 Å². The maximum atomic E-state index is 12.3. The summed E-state index contributed by atoms with van der Waals surface area (Å²) in [5, 5.41) is 2.99. The van der Waals surface area contributed by atoms with Gasteiger partial charge in [-0.1, -0.05) is 6.92 Å². The normalized spacial score (nSPS) is 15.0. The minimum atomic E-state index is -0.474. The van der Waals surface area contributed by atoms with Crippen LogP contribution in [-0.2, 0) is 0 Å². The van der Waals surface area contributed by atoms with Gasteiger partial charge in [0.1, 0.15) is 11.5 Å². The number of rotatable bonds is 9. The Morgan fingerprint density at radius 1 is 0.967 bits per heavy atom. The van der Waals surface area contributed by atoms with E-state index in [-0.39, 0.29) is 5.91 Å². The van der Waals surface area contributed by atoms with E-state index in [4.69, 9.17) is 10.5 Å². The van der Waals surface area contributed by atoms with Crippen molar-refractivity contribution in [2.24, 2.45) is 11.7 Å². The largest absolute Gasteiger partial charge is 0.457 e. The monoisotopic (exact) mass is 409 g/mol. The first kappa shape index (κ1) is 21.8. The average molecular weight is 410 g/mol. The second kappa shape index (κ2) is 10.8. The van der Waals surface area contributed by atoms with Gasteiger partial charge >= 0.3 is 0 Å². The highest BCUT2D eigenvalue weighted by atomic mass is 16.5. The topological polar surface area (TPSA) is 84.7 Å². The highest BCUT2D eigenvalue weighted by molar-refractivity contribution is 5.94. The number of hydrogen-bond donors (Lipinski definition) is 2. The van der Waals surface area contributed by atoms with Crippen LogP contribution in [0.15, 0.2) is 48.5 Å². The number of hydrogen-bond acceptors (Lipinski definition) is 4. The third kappa shape index (κ3) is 6.59. The molecule has 2 amide bonds. The number of piperidine rings is 1. The molecule has 1 aliphatic heterocycles. The Morgan fingerprint density at radius 3 is 2.10 bits per heavy atom. The molecule has 0 aromatic heterocycles. The number of likely N-dealkylation sites (tertiary alicyclic amines) is 1. The van der Waals surface area contributed by atoms with Gasteiger partial charge < -0.3 is 20.7 Å². The Bertz CT molecular complexity index is 826. The molecule has 0 bridgehead atoms. The van der Waals surface area contributed by atoms with E-state index in [1.807, 2.05) is 0 Å². The lowest BCUT2D eigenvalue weighted by Crippen LogP contribution is -2.34. The number of carbonyl (C=O) groups excluding carboxylic acids is 2. The molecule has 1 heterocycles. The summed E-state index contributed by atoms with van der Waals surface area (Å²) in [6.45, 7) is 6.55. The van der Waals surface area contributed by atoms with Crippen LogP contribution in [0.4, 0.5) is 0 Å². The molecule has 2 aromatic carbocycles. The molecule has 0 unspecified atom stereocenters. The van der Waals surface area contributed by atoms with Crippen molar-refractivity contribution in [2.45, 2.75) is 32.6 Å². The van der Waals surface area contributed by atoms with E-state index in [9.17, 15) is 9.59 Å². The van der Waals surface area contributed by atoms with Crippen LogP contribution >= 0.6 is 0 Å². The summed E-state index contributed by atoms with van der Waals surface area (Å²) in [6, 6.07) is 13.6. The fourth-order valence-electron chi connectivity index (χ4n) is 3.55. The molecule has 0 aliphatic carbocycles. The molecule has 0 radical (unpaired) electrons. The molecule has 0 atom stereocenters. The number of primary amides is 1. The second-order valence-corrected chi connectivity index (χ2v) is 8.00. The molecule has 2 aromatic rings. The van der Waals surface area contributed by atoms with Crippen LogP contribution in [0.5, 0.6) is 11.5 Å². The van der Waals surface area contributed by atoms with Crippen molar-refractivity contribution in [1.82, 2.24) is 10.2 Å². The van der Waals surface area contributed by atoms with Crippen LogP contribution in [0, 0.1) is 5.92 Å². The van der Waals surface area contributed by atoms with E-state index in [0.29, 0.717) is 29.2 Å². The van der Waals surface area contributed by atoms with E-state index in [1.165, 1.54) is 25.9 Å². The quantitative estimate of drug-likeness (QED) is 0.617. The number of nitrogens with two attached hydrogens (primary N) is 1. The van der Waals surface area contributed by atoms with Gasteiger partial charge in [-0.15, -0.1) is 0 Å². The van der Waals surface area contributed by atoms with E-state index in [2.05, 4.69) is 17.1 Å². The maximum absolute atomic E-state index is 12.3. The lowest BCUT2D eigenvalue weighted by atomic mass is 9.99. The summed E-state index contributed by atoms with van der Waals surface area (Å²) in [5.41, 5.74) is 6.27. The molecule has 1 aliphatic rings. The smallest absolute Gasteiger partial charge is 0.251 e. The standard InChI is InChI=1S/C24H31N3O3/c1-18-12-16-27(17-13-18)15-3-2-14-26-24(29)20-6-10-22(11-7-20)30-21-8-4-19(5-9-21)23(25)28/h4-11,18H,2-3,12-17H2,1H3,(H2,25,28)(H,26,29). The van der Waals surface area contributed by atoms with Gasteiger partial charge in [0.25, 0.3) is 5.91 Å². The highest BCUT2D eigenvalue weighted by Gasteiger charge is 2.14. The first-order chi connectivity index (χ1) is 14.5. The van der Waals surface area contributed by atoms with Crippen LogP contribution < -0.4 is 15.8 Å². The van der Waals surface area contributed by atoms with E-state index in [0.717, 1.165) is 25.3 Å². The maximum Gasteiger partial charge on any atom is 0.251 e. The molecule has 30 heavy (non-hydrogen) atoms. The number of carbonyl (C=O) groups is 2. The Labute approximate surface area is 178 Å². The average Bonchev–Trinajstić information content (AvgIpc) is 2.75. The van der Waals surface area contributed by atoms with Crippen molar-refractivity contribution in [3.63, 3.8) is 0 Å². The lowest BCUT2D eigenvalue weighted by molar-refractivity contribution is 0.0951. The van der Waals surface area contributed by atoms with Gasteiger partial charge in [0.15, 0.2) is 0 Å². The Hall–Kier alpha value is -2.86. The van der Waals surface area contributed by atoms with E-state index < -0.39 is 5.91 Å². The second-order valence-electron chi connectivity index (χ2n) is 8.00. The summed E-state index contributed by atoms with van der Waals surface area (Å²) in [6.07, 6.45) is 4.69. The SMILES string of the molecule is CC1CCN(CCCCNC(=O)c2ccc(Oc3ccc(C(N)=O)cc3)cc2)CC1. The minimum Gasteiger partial charge on any atom is -0.457 e. The molecule has 160 valence electrons. The Morgan fingerprint density at radius 2 is 1.53 bits per heavy atom. The van der Waals surface area contributed by atoms with Crippen LogP contribution in [0.2, 0.25) is 0 Å². The zero-order valence-corrected chi connectivity index (χ0v) is 17.6. The van der Waals surface area contributed by atoms with Gasteiger partial charge in [-0.05, 0) is 99.8 Å². The van der Waals surface area contributed by atoms with E-state index in [1.54, 1.807) is 48.5 Å². The molecule has 0 spiro atoms. The first-order valence-corrected chi connectivity index (χ1v) is 10.7. The predicted octanol–water partition coefficient (Wildman–Crippen LogP) is 3.82. The van der Waals surface area contributed by atoms with Crippen molar-refractivity contribution in [3.8, 4) is 11.5 Å². The van der Waals surface area contributed by atoms with Crippen molar-refractivity contribution in [2.75, 3.05) is 26.2 Å². The number of nitrogens with zero attached hydrogens (tertiary/aromatic N) is 1. The fourth-order valence-corrected chi connectivity index (χ4v) is 3.55. The van der Waals surface area contributed by atoms with Crippen molar-refractivity contribution >= 4 is 11.8 Å². The summed E-state index contributed by atoms with van der Waals surface area (Å²) >= 11 is 0. The molecule has 1 fully saturated rings. The molecule has 0 saturated carbocycles. The number of ether oxygens (including phenoxy) is 1. The van der Waals surface area contributed by atoms with Crippen LogP contribution in [0.1, 0.15) is 53.3 Å². The van der Waals surface area contributed by atoms with Crippen molar-refractivity contribution in [3.05, 3.63) is 59.7 Å². The first-order valence-electron chi connectivity index (χ1n) is 10.7. The van der Waals surface area contributed by atoms with Crippen LogP contribution in [0.3, 0.4) is 0 Å². The third-order valence-corrected chi connectivity index (χ3v) is 5.55. The highest BCUT2D eigenvalue weighted by Crippen LogP contribution is 2.22. The number of unbranched alkanes of at least 4 members (excludes halogenated alkanes) is 1. The summed E-state index contributed by atoms with van der Waals surface area (Å²) < 4.78 is 5.74. The van der Waals surface area contributed by atoms with Crippen molar-refractivity contribution < 1.29 is 14.3 Å². The summed E-state index contributed by atoms with van der Waals surface area (Å²) in [4.78, 5) is 25.9. The zero-order valence-electron chi connectivity index (χ0n) is 17.6. The molecule has 3 rings (SSSR count). The summed E-state index contributed by atoms with van der Waals surface area (Å²) in [5.74, 6) is 1.53. The molecule has 6 nitrogen and oxygen atoms in total. The molecule has 3 N–H and O–H groups in total. The minimum absolute atomic E-state index is 0.0702. The lowest BCUT2D eigenvalue weighted by Gasteiger charge is -2.30. The number of nitrogens with one attached hydrogen (secondary N) is 1. The third-order valence-electron chi connectivity index (χ3n) is 5.55. The van der Waals surface area contributed by atoms with Gasteiger partial charge in [0.2, 0.25) is 5.91 Å². The molecule has 1 saturated heterocycles. The van der Waals surface area contributed by atoms with Gasteiger partial charge in [0.05, 0.1) is 0 Å². The number of benzene rings is 2. The molecular weight excluding hydrogens is 378 g/mol. The fraction of sp³-hybridized carbons (Fsp3) is 0.417. The molecule has 6 heteroatoms. The van der Waals surface area contributed by atoms with Gasteiger partial charge in [0, 0.05) is 17.7 Å². The summed E-state index contributed by atoms with van der Waals surface area (Å²) in [7, 11) is 0. The Kier molecular flexibility index (Phi) is 7.85. The van der Waals surface area contributed by atoms with Gasteiger partial charge in [-0.2, -0.15) is 0 Å². The molecular formula is C24H31N3O3. The number of amides is 2. The van der Waals surface area contributed by atoms with Gasteiger partial charge in [-0.25, -0.2) is 0 Å². The van der Waals surface area contributed by atoms with Crippen LogP contribution in [0.25, 0.3) is 0 Å². The zero-order chi connectivity index (χ0) is 21.3. The van der Waals surface area contributed by atoms with Crippen molar-refractivity contribution in [1.29, 1.82) is 0 Å². The Balaban J connectivity index is 1.37. The predicted molar refractivity (Wildman–Crippen MR) is 118 cm³/mol.